The number of carbonyl (C=O) groups is 2. The Balaban J connectivity index is 1.30. The van der Waals surface area contributed by atoms with Gasteiger partial charge in [-0.15, -0.1) is 11.3 Å². The summed E-state index contributed by atoms with van der Waals surface area (Å²) in [6, 6.07) is 13.5. The number of thiazole rings is 1. The van der Waals surface area contributed by atoms with E-state index in [1.165, 1.54) is 12.1 Å². The van der Waals surface area contributed by atoms with Gasteiger partial charge in [0.05, 0.1) is 17.8 Å². The molecule has 0 saturated carbocycles. The number of likely N-dealkylation sites (N-methyl/N-ethyl adjacent to an activating group) is 1. The summed E-state index contributed by atoms with van der Waals surface area (Å²) in [5.74, 6) is -0.322. The Hall–Kier alpha value is -3.15. The molecule has 1 aromatic heterocycles. The molecule has 35 heavy (non-hydrogen) atoms. The molecule has 1 amide bonds. The van der Waals surface area contributed by atoms with E-state index in [-0.39, 0.29) is 17.8 Å². The topological polar surface area (TPSA) is 121 Å². The van der Waals surface area contributed by atoms with E-state index in [9.17, 15) is 9.59 Å². The highest BCUT2D eigenvalue weighted by Crippen LogP contribution is 2.27. The maximum Gasteiger partial charge on any atom is 0.274 e. The summed E-state index contributed by atoms with van der Waals surface area (Å²) in [7, 11) is 2.15. The van der Waals surface area contributed by atoms with Gasteiger partial charge in [0.1, 0.15) is 10.8 Å². The van der Waals surface area contributed by atoms with Crippen LogP contribution in [-0.2, 0) is 6.54 Å². The average molecular weight is 496 g/mol. The van der Waals surface area contributed by atoms with Gasteiger partial charge in [0.25, 0.3) is 5.91 Å². The van der Waals surface area contributed by atoms with E-state index in [0.717, 1.165) is 48.2 Å². The molecule has 1 fully saturated rings. The number of hydrogen-bond acceptors (Lipinski definition) is 9. The minimum Gasteiger partial charge on any atom is -0.475 e. The summed E-state index contributed by atoms with van der Waals surface area (Å²) in [5, 5.41) is 9.76. The molecule has 2 aromatic carbocycles. The number of piperazine rings is 1. The molecule has 2 heterocycles. The molecular formula is C25H29N5O4S. The lowest BCUT2D eigenvalue weighted by Crippen LogP contribution is -2.43. The standard InChI is InChI=1S/C25H29N5O4S/c1-29-10-12-30(13-11-29)16-24-27-15-22(35-24)18-4-2-17(3-5-18)21(31)14-23(26)34-20-8-6-19(7-9-20)25(32)28-33/h2-9,15,23,33H,10-14,16,26H2,1H3,(H,28,32). The molecule has 4 rings (SSSR count). The summed E-state index contributed by atoms with van der Waals surface area (Å²) in [6.45, 7) is 5.14. The van der Waals surface area contributed by atoms with Gasteiger partial charge in [0.2, 0.25) is 0 Å². The summed E-state index contributed by atoms with van der Waals surface area (Å²) < 4.78 is 5.59. The van der Waals surface area contributed by atoms with Crippen molar-refractivity contribution in [3.05, 3.63) is 70.9 Å². The number of benzene rings is 2. The van der Waals surface area contributed by atoms with E-state index < -0.39 is 12.1 Å². The molecule has 10 heteroatoms. The van der Waals surface area contributed by atoms with Gasteiger partial charge in [-0.1, -0.05) is 24.3 Å². The number of amides is 1. The fourth-order valence-corrected chi connectivity index (χ4v) is 4.77. The Labute approximate surface area is 208 Å². The molecule has 1 aliphatic rings. The van der Waals surface area contributed by atoms with Gasteiger partial charge >= 0.3 is 0 Å². The molecule has 0 aliphatic carbocycles. The van der Waals surface area contributed by atoms with Gasteiger partial charge in [-0.3, -0.25) is 25.4 Å². The maximum absolute atomic E-state index is 12.7. The zero-order valence-electron chi connectivity index (χ0n) is 19.5. The zero-order valence-corrected chi connectivity index (χ0v) is 20.3. The number of ether oxygens (including phenoxy) is 1. The Morgan fingerprint density at radius 3 is 2.40 bits per heavy atom. The summed E-state index contributed by atoms with van der Waals surface area (Å²) in [6.07, 6.45) is 1.07. The van der Waals surface area contributed by atoms with Gasteiger partial charge < -0.3 is 9.64 Å². The molecule has 9 nitrogen and oxygen atoms in total. The number of aromatic nitrogens is 1. The molecule has 0 radical (unpaired) electrons. The smallest absolute Gasteiger partial charge is 0.274 e. The van der Waals surface area contributed by atoms with Crippen LogP contribution in [0, 0.1) is 0 Å². The normalized spacial score (nSPS) is 15.5. The van der Waals surface area contributed by atoms with Crippen molar-refractivity contribution in [3.63, 3.8) is 0 Å². The Kier molecular flexibility index (Phi) is 8.21. The van der Waals surface area contributed by atoms with Gasteiger partial charge in [0.15, 0.2) is 12.0 Å². The van der Waals surface area contributed by atoms with Crippen molar-refractivity contribution in [2.75, 3.05) is 33.2 Å². The number of Topliss-reactive ketones (excluding diaryl/α,β-unsaturated/α-hetero) is 1. The monoisotopic (exact) mass is 495 g/mol. The zero-order chi connectivity index (χ0) is 24.8. The lowest BCUT2D eigenvalue weighted by Gasteiger charge is -2.31. The molecule has 0 spiro atoms. The lowest BCUT2D eigenvalue weighted by molar-refractivity contribution is 0.0706. The highest BCUT2D eigenvalue weighted by molar-refractivity contribution is 7.15. The van der Waals surface area contributed by atoms with E-state index in [4.69, 9.17) is 15.7 Å². The fourth-order valence-electron chi connectivity index (χ4n) is 3.80. The van der Waals surface area contributed by atoms with Crippen molar-refractivity contribution in [1.29, 1.82) is 0 Å². The van der Waals surface area contributed by atoms with E-state index in [1.807, 2.05) is 18.3 Å². The molecule has 3 aromatic rings. The molecule has 4 N–H and O–H groups in total. The molecule has 1 unspecified atom stereocenters. The predicted molar refractivity (Wildman–Crippen MR) is 134 cm³/mol. The SMILES string of the molecule is CN1CCN(Cc2ncc(-c3ccc(C(=O)CC(N)Oc4ccc(C(=O)NO)cc4)cc3)s2)CC1. The van der Waals surface area contributed by atoms with Crippen LogP contribution in [0.25, 0.3) is 10.4 Å². The molecule has 1 aliphatic heterocycles. The number of nitrogens with zero attached hydrogens (tertiary/aromatic N) is 3. The second kappa shape index (κ2) is 11.5. The molecular weight excluding hydrogens is 466 g/mol. The second-order valence-electron chi connectivity index (χ2n) is 8.52. The van der Waals surface area contributed by atoms with Crippen LogP contribution >= 0.6 is 11.3 Å². The van der Waals surface area contributed by atoms with Crippen LogP contribution in [0.3, 0.4) is 0 Å². The number of nitrogens with one attached hydrogen (secondary N) is 1. The first kappa shape index (κ1) is 25.0. The third kappa shape index (κ3) is 6.71. The van der Waals surface area contributed by atoms with Gasteiger partial charge in [0, 0.05) is 43.5 Å². The van der Waals surface area contributed by atoms with Crippen molar-refractivity contribution in [1.82, 2.24) is 20.3 Å². The first-order chi connectivity index (χ1) is 16.9. The number of ketones is 1. The predicted octanol–water partition coefficient (Wildman–Crippen LogP) is 2.61. The second-order valence-corrected chi connectivity index (χ2v) is 9.64. The number of carbonyl (C=O) groups excluding carboxylic acids is 2. The minimum atomic E-state index is -0.835. The van der Waals surface area contributed by atoms with Crippen molar-refractivity contribution in [2.24, 2.45) is 5.73 Å². The van der Waals surface area contributed by atoms with Crippen LogP contribution in [0.15, 0.2) is 54.7 Å². The highest BCUT2D eigenvalue weighted by Gasteiger charge is 2.17. The number of hydrogen-bond donors (Lipinski definition) is 3. The summed E-state index contributed by atoms with van der Waals surface area (Å²) >= 11 is 1.68. The minimum absolute atomic E-state index is 0.00789. The average Bonchev–Trinajstić information content (AvgIpc) is 3.34. The molecule has 1 saturated heterocycles. The van der Waals surface area contributed by atoms with Crippen LogP contribution < -0.4 is 16.0 Å². The van der Waals surface area contributed by atoms with Crippen molar-refractivity contribution in [3.8, 4) is 16.2 Å². The maximum atomic E-state index is 12.7. The van der Waals surface area contributed by atoms with Crippen LogP contribution in [0.2, 0.25) is 0 Å². The third-order valence-corrected chi connectivity index (χ3v) is 6.92. The fraction of sp³-hybridized carbons (Fsp3) is 0.320. The van der Waals surface area contributed by atoms with Crippen LogP contribution in [0.1, 0.15) is 32.1 Å². The van der Waals surface area contributed by atoms with E-state index in [2.05, 4.69) is 21.8 Å². The van der Waals surface area contributed by atoms with Gasteiger partial charge in [-0.05, 0) is 36.9 Å². The molecule has 1 atom stereocenters. The first-order valence-electron chi connectivity index (χ1n) is 11.4. The van der Waals surface area contributed by atoms with E-state index in [1.54, 1.807) is 41.1 Å². The van der Waals surface area contributed by atoms with Crippen LogP contribution in [-0.4, -0.2) is 71.1 Å². The van der Waals surface area contributed by atoms with E-state index in [0.29, 0.717) is 11.3 Å². The van der Waals surface area contributed by atoms with Gasteiger partial charge in [-0.25, -0.2) is 10.5 Å². The third-order valence-electron chi connectivity index (χ3n) is 5.89. The summed E-state index contributed by atoms with van der Waals surface area (Å²) in [4.78, 5) is 34.5. The number of hydroxylamine groups is 1. The van der Waals surface area contributed by atoms with E-state index >= 15 is 0 Å². The Morgan fingerprint density at radius 2 is 1.74 bits per heavy atom. The number of nitrogens with two attached hydrogens (primary N) is 1. The number of rotatable bonds is 9. The van der Waals surface area contributed by atoms with Crippen molar-refractivity contribution in [2.45, 2.75) is 19.2 Å². The quantitative estimate of drug-likeness (QED) is 0.179. The van der Waals surface area contributed by atoms with Crippen LogP contribution in [0.4, 0.5) is 0 Å². The van der Waals surface area contributed by atoms with Gasteiger partial charge in [-0.2, -0.15) is 0 Å². The Morgan fingerprint density at radius 1 is 1.09 bits per heavy atom. The highest BCUT2D eigenvalue weighted by atomic mass is 32.1. The van der Waals surface area contributed by atoms with Crippen molar-refractivity contribution >= 4 is 23.0 Å². The molecule has 0 bridgehead atoms. The summed E-state index contributed by atoms with van der Waals surface area (Å²) in [5.41, 5.74) is 9.42. The van der Waals surface area contributed by atoms with Crippen LogP contribution in [0.5, 0.6) is 5.75 Å². The molecule has 184 valence electrons. The largest absolute Gasteiger partial charge is 0.475 e. The Bertz CT molecular complexity index is 1140. The van der Waals surface area contributed by atoms with Crippen molar-refractivity contribution < 1.29 is 19.5 Å². The lowest BCUT2D eigenvalue weighted by atomic mass is 10.1. The first-order valence-corrected chi connectivity index (χ1v) is 12.2.